The first kappa shape index (κ1) is 11.8. The predicted octanol–water partition coefficient (Wildman–Crippen LogP) is 2.89. The Morgan fingerprint density at radius 2 is 2.29 bits per heavy atom. The number of nitrogens with one attached hydrogen (secondary N) is 1. The van der Waals surface area contributed by atoms with Crippen molar-refractivity contribution in [3.05, 3.63) is 47.8 Å². The van der Waals surface area contributed by atoms with Gasteiger partial charge in [-0.1, -0.05) is 18.7 Å². The van der Waals surface area contributed by atoms with Crippen LogP contribution in [-0.2, 0) is 4.79 Å². The Kier molecular flexibility index (Phi) is 3.27. The van der Waals surface area contributed by atoms with E-state index in [1.807, 2.05) is 6.07 Å². The van der Waals surface area contributed by atoms with Gasteiger partial charge in [-0.05, 0) is 49.0 Å². The molecular formula is C14H16FNO. The maximum Gasteiger partial charge on any atom is 0.243 e. The van der Waals surface area contributed by atoms with Crippen molar-refractivity contribution in [3.8, 4) is 0 Å². The minimum absolute atomic E-state index is 0.0141. The zero-order valence-electron chi connectivity index (χ0n) is 9.87. The Bertz CT molecular complexity index is 452. The first-order valence-electron chi connectivity index (χ1n) is 5.81. The third-order valence-electron chi connectivity index (χ3n) is 3.12. The maximum atomic E-state index is 13.2. The number of halogens is 1. The minimum atomic E-state index is -0.210. The first-order chi connectivity index (χ1) is 8.11. The van der Waals surface area contributed by atoms with Gasteiger partial charge in [0.1, 0.15) is 5.82 Å². The second kappa shape index (κ2) is 4.70. The highest BCUT2D eigenvalue weighted by atomic mass is 19.1. The molecule has 17 heavy (non-hydrogen) atoms. The average molecular weight is 233 g/mol. The summed E-state index contributed by atoms with van der Waals surface area (Å²) in [5.41, 5.74) is 1.59. The molecule has 1 aliphatic carbocycles. The van der Waals surface area contributed by atoms with Crippen molar-refractivity contribution < 1.29 is 9.18 Å². The second-order valence-corrected chi connectivity index (χ2v) is 4.54. The molecule has 3 heteroatoms. The molecule has 1 saturated carbocycles. The van der Waals surface area contributed by atoms with Crippen LogP contribution in [-0.4, -0.2) is 5.91 Å². The molecule has 0 heterocycles. The third-order valence-corrected chi connectivity index (χ3v) is 3.12. The van der Waals surface area contributed by atoms with Crippen molar-refractivity contribution in [3.63, 3.8) is 0 Å². The molecule has 1 aromatic rings. The number of aryl methyl sites for hydroxylation is 1. The lowest BCUT2D eigenvalue weighted by molar-refractivity contribution is -0.117. The van der Waals surface area contributed by atoms with Crippen LogP contribution in [0.15, 0.2) is 30.9 Å². The number of carbonyl (C=O) groups excluding carboxylic acids is 1. The van der Waals surface area contributed by atoms with Gasteiger partial charge in [-0.2, -0.15) is 0 Å². The van der Waals surface area contributed by atoms with E-state index in [1.54, 1.807) is 13.0 Å². The molecule has 0 aliphatic heterocycles. The predicted molar refractivity (Wildman–Crippen MR) is 64.9 cm³/mol. The highest BCUT2D eigenvalue weighted by molar-refractivity contribution is 5.87. The summed E-state index contributed by atoms with van der Waals surface area (Å²) in [6.45, 7) is 5.18. The van der Waals surface area contributed by atoms with Crippen molar-refractivity contribution in [2.75, 3.05) is 0 Å². The van der Waals surface area contributed by atoms with E-state index in [-0.39, 0.29) is 17.8 Å². The summed E-state index contributed by atoms with van der Waals surface area (Å²) < 4.78 is 13.2. The Hall–Kier alpha value is -1.64. The van der Waals surface area contributed by atoms with Gasteiger partial charge in [-0.3, -0.25) is 4.79 Å². The molecule has 0 spiro atoms. The van der Waals surface area contributed by atoms with E-state index in [1.165, 1.54) is 12.1 Å². The third kappa shape index (κ3) is 2.73. The molecule has 1 unspecified atom stereocenters. The van der Waals surface area contributed by atoms with Gasteiger partial charge in [0.2, 0.25) is 5.91 Å². The molecule has 0 aromatic heterocycles. The summed E-state index contributed by atoms with van der Waals surface area (Å²) in [5.74, 6) is 0.0889. The number of carbonyl (C=O) groups is 1. The molecule has 1 atom stereocenters. The van der Waals surface area contributed by atoms with Crippen LogP contribution in [0.1, 0.15) is 30.0 Å². The van der Waals surface area contributed by atoms with Gasteiger partial charge >= 0.3 is 0 Å². The average Bonchev–Trinajstić information content (AvgIpc) is 3.13. The maximum absolute atomic E-state index is 13.2. The Morgan fingerprint density at radius 3 is 2.82 bits per heavy atom. The number of amides is 1. The van der Waals surface area contributed by atoms with Gasteiger partial charge in [0, 0.05) is 0 Å². The van der Waals surface area contributed by atoms with E-state index in [0.29, 0.717) is 11.5 Å². The molecule has 1 fully saturated rings. The van der Waals surface area contributed by atoms with Crippen LogP contribution in [0.4, 0.5) is 4.39 Å². The summed E-state index contributed by atoms with van der Waals surface area (Å²) in [4.78, 5) is 11.4. The largest absolute Gasteiger partial charge is 0.345 e. The zero-order valence-corrected chi connectivity index (χ0v) is 9.87. The van der Waals surface area contributed by atoms with Crippen molar-refractivity contribution >= 4 is 5.91 Å². The van der Waals surface area contributed by atoms with Crippen LogP contribution in [0.3, 0.4) is 0 Å². The van der Waals surface area contributed by atoms with E-state index in [2.05, 4.69) is 11.9 Å². The first-order valence-corrected chi connectivity index (χ1v) is 5.81. The summed E-state index contributed by atoms with van der Waals surface area (Å²) in [6, 6.07) is 5.00. The fourth-order valence-electron chi connectivity index (χ4n) is 1.98. The van der Waals surface area contributed by atoms with E-state index >= 15 is 0 Å². The lowest BCUT2D eigenvalue weighted by Gasteiger charge is -2.18. The highest BCUT2D eigenvalue weighted by Crippen LogP contribution is 2.41. The number of hydrogen-bond donors (Lipinski definition) is 1. The quantitative estimate of drug-likeness (QED) is 0.796. The molecule has 1 N–H and O–H groups in total. The van der Waals surface area contributed by atoms with Crippen LogP contribution in [0.2, 0.25) is 0 Å². The zero-order chi connectivity index (χ0) is 12.4. The summed E-state index contributed by atoms with van der Waals surface area (Å²) in [5, 5.41) is 2.91. The normalized spacial score (nSPS) is 16.4. The Balaban J connectivity index is 2.22. The summed E-state index contributed by atoms with van der Waals surface area (Å²) in [6.07, 6.45) is 3.49. The van der Waals surface area contributed by atoms with Crippen molar-refractivity contribution in [2.24, 2.45) is 5.92 Å². The minimum Gasteiger partial charge on any atom is -0.345 e. The smallest absolute Gasteiger partial charge is 0.243 e. The van der Waals surface area contributed by atoms with Crippen LogP contribution in [0.25, 0.3) is 0 Å². The van der Waals surface area contributed by atoms with Gasteiger partial charge in [0.25, 0.3) is 0 Å². The molecule has 1 aliphatic rings. The molecule has 0 radical (unpaired) electrons. The molecule has 2 rings (SSSR count). The Morgan fingerprint density at radius 1 is 1.59 bits per heavy atom. The van der Waals surface area contributed by atoms with Crippen molar-refractivity contribution in [2.45, 2.75) is 25.8 Å². The van der Waals surface area contributed by atoms with Gasteiger partial charge < -0.3 is 5.32 Å². The van der Waals surface area contributed by atoms with Crippen LogP contribution < -0.4 is 5.32 Å². The van der Waals surface area contributed by atoms with Gasteiger partial charge in [-0.15, -0.1) is 0 Å². The highest BCUT2D eigenvalue weighted by Gasteiger charge is 2.33. The number of rotatable bonds is 4. The molecule has 0 bridgehead atoms. The van der Waals surface area contributed by atoms with Crippen LogP contribution >= 0.6 is 0 Å². The number of benzene rings is 1. The molecule has 1 amide bonds. The van der Waals surface area contributed by atoms with Gasteiger partial charge in [0.05, 0.1) is 6.04 Å². The van der Waals surface area contributed by atoms with Gasteiger partial charge in [0.15, 0.2) is 0 Å². The van der Waals surface area contributed by atoms with E-state index in [9.17, 15) is 9.18 Å². The fourth-order valence-corrected chi connectivity index (χ4v) is 1.98. The molecule has 2 nitrogen and oxygen atoms in total. The SMILES string of the molecule is C=CC(=O)NC(c1ccc(F)c(C)c1)C1CC1. The standard InChI is InChI=1S/C14H16FNO/c1-3-13(17)16-14(10-4-5-10)11-6-7-12(15)9(2)8-11/h3,6-8,10,14H,1,4-5H2,2H3,(H,16,17). The monoisotopic (exact) mass is 233 g/mol. The van der Waals surface area contributed by atoms with Crippen LogP contribution in [0.5, 0.6) is 0 Å². The molecule has 0 saturated heterocycles. The molecule has 1 aromatic carbocycles. The summed E-state index contributed by atoms with van der Waals surface area (Å²) in [7, 11) is 0. The molecule has 90 valence electrons. The second-order valence-electron chi connectivity index (χ2n) is 4.54. The summed E-state index contributed by atoms with van der Waals surface area (Å²) >= 11 is 0. The lowest BCUT2D eigenvalue weighted by atomic mass is 10.00. The van der Waals surface area contributed by atoms with E-state index < -0.39 is 0 Å². The number of hydrogen-bond acceptors (Lipinski definition) is 1. The fraction of sp³-hybridized carbons (Fsp3) is 0.357. The van der Waals surface area contributed by atoms with Crippen molar-refractivity contribution in [1.29, 1.82) is 0 Å². The van der Waals surface area contributed by atoms with Crippen molar-refractivity contribution in [1.82, 2.24) is 5.32 Å². The Labute approximate surface area is 101 Å². The van der Waals surface area contributed by atoms with E-state index in [0.717, 1.165) is 18.4 Å². The van der Waals surface area contributed by atoms with Crippen LogP contribution in [0, 0.1) is 18.7 Å². The lowest BCUT2D eigenvalue weighted by Crippen LogP contribution is -2.28. The van der Waals surface area contributed by atoms with E-state index in [4.69, 9.17) is 0 Å². The topological polar surface area (TPSA) is 29.1 Å². The molecular weight excluding hydrogens is 217 g/mol. The van der Waals surface area contributed by atoms with Gasteiger partial charge in [-0.25, -0.2) is 4.39 Å².